The summed E-state index contributed by atoms with van der Waals surface area (Å²) < 4.78 is 10.6. The summed E-state index contributed by atoms with van der Waals surface area (Å²) in [6.45, 7) is 0.802. The topological polar surface area (TPSA) is 42.2 Å². The van der Waals surface area contributed by atoms with Crippen LogP contribution in [0.3, 0.4) is 0 Å². The Labute approximate surface area is 84.0 Å². The van der Waals surface area contributed by atoms with Crippen LogP contribution in [-0.2, 0) is 9.47 Å². The van der Waals surface area contributed by atoms with Crippen LogP contribution >= 0.6 is 0 Å². The van der Waals surface area contributed by atoms with Crippen molar-refractivity contribution in [3.05, 3.63) is 0 Å². The van der Waals surface area contributed by atoms with E-state index in [9.17, 15) is 5.26 Å². The smallest absolute Gasteiger partial charge is 0.153 e. The third kappa shape index (κ3) is 0.945. The third-order valence-corrected chi connectivity index (χ3v) is 3.31. The Morgan fingerprint density at radius 3 is 2.43 bits per heavy atom. The first-order valence-electron chi connectivity index (χ1n) is 4.76. The Morgan fingerprint density at radius 2 is 2.21 bits per heavy atom. The van der Waals surface area contributed by atoms with E-state index in [0.29, 0.717) is 19.1 Å². The minimum Gasteiger partial charge on any atom is -0.378 e. The zero-order valence-electron chi connectivity index (χ0n) is 8.25. The van der Waals surface area contributed by atoms with Crippen molar-refractivity contribution in [1.29, 1.82) is 5.26 Å². The molecule has 0 radical (unpaired) electrons. The van der Waals surface area contributed by atoms with E-state index >= 15 is 0 Å². The van der Waals surface area contributed by atoms with E-state index in [-0.39, 0.29) is 0 Å². The molecule has 2 aliphatic rings. The van der Waals surface area contributed by atoms with E-state index < -0.39 is 11.0 Å². The maximum atomic E-state index is 9.21. The van der Waals surface area contributed by atoms with Gasteiger partial charge < -0.3 is 9.47 Å². The lowest BCUT2D eigenvalue weighted by Crippen LogP contribution is -2.60. The number of nitriles is 1. The fourth-order valence-corrected chi connectivity index (χ4v) is 2.23. The highest BCUT2D eigenvalue weighted by Crippen LogP contribution is 2.53. The van der Waals surface area contributed by atoms with Crippen molar-refractivity contribution in [2.45, 2.75) is 18.4 Å². The van der Waals surface area contributed by atoms with Crippen molar-refractivity contribution < 1.29 is 9.47 Å². The summed E-state index contributed by atoms with van der Waals surface area (Å²) in [7, 11) is 1.59. The van der Waals surface area contributed by atoms with Crippen LogP contribution in [0, 0.1) is 35.0 Å². The van der Waals surface area contributed by atoms with Gasteiger partial charge in [0.15, 0.2) is 5.60 Å². The number of nitrogens with zero attached hydrogens (tertiary/aromatic N) is 1. The van der Waals surface area contributed by atoms with Crippen molar-refractivity contribution >= 4 is 0 Å². The second-order valence-electron chi connectivity index (χ2n) is 4.05. The van der Waals surface area contributed by atoms with Gasteiger partial charge in [-0.2, -0.15) is 5.26 Å². The molecule has 1 atom stereocenters. The molecule has 0 spiro atoms. The molecule has 0 aromatic carbocycles. The van der Waals surface area contributed by atoms with Gasteiger partial charge in [-0.05, 0) is 12.8 Å². The Morgan fingerprint density at radius 1 is 1.57 bits per heavy atom. The van der Waals surface area contributed by atoms with Gasteiger partial charge in [0.05, 0.1) is 19.3 Å². The summed E-state index contributed by atoms with van der Waals surface area (Å²) in [6, 6.07) is 2.29. The fraction of sp³-hybridized carbons (Fsp3) is 0.727. The van der Waals surface area contributed by atoms with Crippen LogP contribution in [0.25, 0.3) is 0 Å². The van der Waals surface area contributed by atoms with Crippen LogP contribution < -0.4 is 0 Å². The molecule has 0 bridgehead atoms. The Hall–Kier alpha value is -1.03. The highest BCUT2D eigenvalue weighted by molar-refractivity contribution is 5.30. The molecule has 14 heavy (non-hydrogen) atoms. The first-order valence-corrected chi connectivity index (χ1v) is 4.76. The molecule has 2 rings (SSSR count). The zero-order valence-corrected chi connectivity index (χ0v) is 8.25. The predicted molar refractivity (Wildman–Crippen MR) is 50.2 cm³/mol. The van der Waals surface area contributed by atoms with Gasteiger partial charge in [-0.15, -0.1) is 6.42 Å². The Kier molecular flexibility index (Phi) is 2.03. The third-order valence-electron chi connectivity index (χ3n) is 3.31. The first kappa shape index (κ1) is 9.52. The average Bonchev–Trinajstić information content (AvgIpc) is 2.95. The number of hydrogen-bond donors (Lipinski definition) is 0. The molecule has 0 amide bonds. The minimum absolute atomic E-state index is 0.334. The number of ether oxygens (including phenoxy) is 2. The van der Waals surface area contributed by atoms with E-state index in [2.05, 4.69) is 12.0 Å². The van der Waals surface area contributed by atoms with E-state index in [1.165, 1.54) is 0 Å². The summed E-state index contributed by atoms with van der Waals surface area (Å²) >= 11 is 0. The van der Waals surface area contributed by atoms with Crippen molar-refractivity contribution in [3.8, 4) is 18.4 Å². The first-order chi connectivity index (χ1) is 6.74. The lowest BCUT2D eigenvalue weighted by Gasteiger charge is -2.47. The fourth-order valence-electron chi connectivity index (χ4n) is 2.23. The minimum atomic E-state index is -0.722. The highest BCUT2D eigenvalue weighted by Gasteiger charge is 2.63. The van der Waals surface area contributed by atoms with Gasteiger partial charge in [0.1, 0.15) is 5.41 Å². The molecule has 1 saturated carbocycles. The second kappa shape index (κ2) is 2.98. The molecular weight excluding hydrogens is 178 g/mol. The summed E-state index contributed by atoms with van der Waals surface area (Å²) in [6.07, 6.45) is 7.66. The standard InChI is InChI=1S/C11H13NO2/c1-3-11(13-2,9-4-5-9)10(6-12)7-14-8-10/h1,9H,4-5,7-8H2,2H3/t11-/m1/s1. The van der Waals surface area contributed by atoms with Gasteiger partial charge in [0, 0.05) is 13.0 Å². The average molecular weight is 191 g/mol. The number of methoxy groups -OCH3 is 1. The number of rotatable bonds is 3. The lowest BCUT2D eigenvalue weighted by molar-refractivity contribution is -0.185. The zero-order chi connectivity index (χ0) is 10.2. The highest BCUT2D eigenvalue weighted by atomic mass is 16.5. The molecule has 3 nitrogen and oxygen atoms in total. The van der Waals surface area contributed by atoms with Crippen molar-refractivity contribution in [2.75, 3.05) is 20.3 Å². The molecule has 1 aliphatic carbocycles. The van der Waals surface area contributed by atoms with Gasteiger partial charge >= 0.3 is 0 Å². The quantitative estimate of drug-likeness (QED) is 0.624. The number of terminal acetylenes is 1. The van der Waals surface area contributed by atoms with Crippen LogP contribution in [-0.4, -0.2) is 25.9 Å². The molecule has 0 aromatic heterocycles. The van der Waals surface area contributed by atoms with Crippen LogP contribution in [0.4, 0.5) is 0 Å². The maximum absolute atomic E-state index is 9.21. The van der Waals surface area contributed by atoms with Crippen LogP contribution in [0.2, 0.25) is 0 Å². The summed E-state index contributed by atoms with van der Waals surface area (Å²) in [5.74, 6) is 3.03. The van der Waals surface area contributed by atoms with Crippen LogP contribution in [0.1, 0.15) is 12.8 Å². The molecule has 1 heterocycles. The predicted octanol–water partition coefficient (Wildman–Crippen LogP) is 0.955. The monoisotopic (exact) mass is 191 g/mol. The maximum Gasteiger partial charge on any atom is 0.153 e. The normalized spacial score (nSPS) is 27.9. The molecule has 2 fully saturated rings. The van der Waals surface area contributed by atoms with E-state index in [0.717, 1.165) is 12.8 Å². The van der Waals surface area contributed by atoms with E-state index in [1.807, 2.05) is 0 Å². The van der Waals surface area contributed by atoms with Crippen molar-refractivity contribution in [2.24, 2.45) is 11.3 Å². The molecule has 74 valence electrons. The Balaban J connectivity index is 2.35. The van der Waals surface area contributed by atoms with E-state index in [4.69, 9.17) is 15.9 Å². The Bertz CT molecular complexity index is 317. The van der Waals surface area contributed by atoms with Crippen LogP contribution in [0.5, 0.6) is 0 Å². The molecular formula is C11H13NO2. The van der Waals surface area contributed by atoms with Crippen LogP contribution in [0.15, 0.2) is 0 Å². The summed E-state index contributed by atoms with van der Waals surface area (Å²) in [4.78, 5) is 0. The SMILES string of the molecule is C#C[C@@](OC)(C1CC1)C1(C#N)COC1. The summed E-state index contributed by atoms with van der Waals surface area (Å²) in [5.41, 5.74) is -1.34. The van der Waals surface area contributed by atoms with Gasteiger partial charge in [-0.3, -0.25) is 0 Å². The number of hydrogen-bond acceptors (Lipinski definition) is 3. The molecule has 1 aliphatic heterocycles. The second-order valence-corrected chi connectivity index (χ2v) is 4.05. The molecule has 0 unspecified atom stereocenters. The largest absolute Gasteiger partial charge is 0.378 e. The van der Waals surface area contributed by atoms with Gasteiger partial charge in [0.25, 0.3) is 0 Å². The van der Waals surface area contributed by atoms with Gasteiger partial charge in [-0.25, -0.2) is 0 Å². The van der Waals surface area contributed by atoms with Gasteiger partial charge in [-0.1, -0.05) is 5.92 Å². The lowest BCUT2D eigenvalue weighted by atomic mass is 9.68. The van der Waals surface area contributed by atoms with E-state index in [1.54, 1.807) is 7.11 Å². The molecule has 1 saturated heterocycles. The van der Waals surface area contributed by atoms with Gasteiger partial charge in [0.2, 0.25) is 0 Å². The molecule has 3 heteroatoms. The van der Waals surface area contributed by atoms with Crippen molar-refractivity contribution in [1.82, 2.24) is 0 Å². The molecule has 0 aromatic rings. The molecule has 0 N–H and O–H groups in total. The van der Waals surface area contributed by atoms with Crippen molar-refractivity contribution in [3.63, 3.8) is 0 Å². The summed E-state index contributed by atoms with van der Waals surface area (Å²) in [5, 5.41) is 9.21.